The summed E-state index contributed by atoms with van der Waals surface area (Å²) < 4.78 is 21.0. The Morgan fingerprint density at radius 1 is 1.40 bits per heavy atom. The van der Waals surface area contributed by atoms with Gasteiger partial charge in [-0.25, -0.2) is 15.2 Å². The molecular formula is C13H12FN5O. The zero-order valence-electron chi connectivity index (χ0n) is 10.7. The van der Waals surface area contributed by atoms with Crippen LogP contribution in [0.4, 0.5) is 10.2 Å². The summed E-state index contributed by atoms with van der Waals surface area (Å²) in [6.07, 6.45) is 4.97. The second-order valence-electron chi connectivity index (χ2n) is 4.27. The van der Waals surface area contributed by atoms with Gasteiger partial charge in [-0.3, -0.25) is 4.40 Å². The van der Waals surface area contributed by atoms with Crippen LogP contribution in [-0.4, -0.2) is 14.4 Å². The summed E-state index contributed by atoms with van der Waals surface area (Å²) in [6.45, 7) is 1.85. The molecule has 0 radical (unpaired) electrons. The van der Waals surface area contributed by atoms with Crippen molar-refractivity contribution in [2.24, 2.45) is 5.84 Å². The Hall–Kier alpha value is -2.67. The van der Waals surface area contributed by atoms with E-state index < -0.39 is 5.82 Å². The first kappa shape index (κ1) is 12.4. The molecule has 3 aromatic rings. The SMILES string of the molecule is Cc1ccc(F)c(Oc2nc(NN)cn3ccnc23)c1. The van der Waals surface area contributed by atoms with E-state index in [1.807, 2.05) is 6.92 Å². The number of fused-ring (bicyclic) bond motifs is 1. The van der Waals surface area contributed by atoms with Gasteiger partial charge in [-0.2, -0.15) is 4.98 Å². The van der Waals surface area contributed by atoms with Crippen LogP contribution < -0.4 is 16.0 Å². The van der Waals surface area contributed by atoms with Crippen LogP contribution in [0.1, 0.15) is 5.56 Å². The van der Waals surface area contributed by atoms with E-state index >= 15 is 0 Å². The first-order valence-corrected chi connectivity index (χ1v) is 5.91. The van der Waals surface area contributed by atoms with Crippen LogP contribution >= 0.6 is 0 Å². The lowest BCUT2D eigenvalue weighted by Gasteiger charge is -2.09. The Kier molecular flexibility index (Phi) is 2.96. The summed E-state index contributed by atoms with van der Waals surface area (Å²) in [6, 6.07) is 4.61. The number of nitrogen functional groups attached to an aromatic ring is 1. The quantitative estimate of drug-likeness (QED) is 0.565. The van der Waals surface area contributed by atoms with Crippen molar-refractivity contribution in [2.45, 2.75) is 6.92 Å². The van der Waals surface area contributed by atoms with Crippen molar-refractivity contribution in [3.8, 4) is 11.6 Å². The summed E-state index contributed by atoms with van der Waals surface area (Å²) in [4.78, 5) is 8.28. The van der Waals surface area contributed by atoms with Crippen molar-refractivity contribution in [1.29, 1.82) is 0 Å². The van der Waals surface area contributed by atoms with Crippen LogP contribution in [0.15, 0.2) is 36.8 Å². The first-order valence-electron chi connectivity index (χ1n) is 5.91. The van der Waals surface area contributed by atoms with Gasteiger partial charge < -0.3 is 10.2 Å². The number of rotatable bonds is 3. The number of hydrogen-bond donors (Lipinski definition) is 2. The van der Waals surface area contributed by atoms with E-state index in [1.165, 1.54) is 6.07 Å². The van der Waals surface area contributed by atoms with Gasteiger partial charge in [0.1, 0.15) is 0 Å². The summed E-state index contributed by atoms with van der Waals surface area (Å²) in [5.41, 5.74) is 3.79. The third-order valence-corrected chi connectivity index (χ3v) is 2.78. The molecular weight excluding hydrogens is 261 g/mol. The molecule has 1 aromatic carbocycles. The molecule has 2 heterocycles. The maximum atomic E-state index is 13.7. The normalized spacial score (nSPS) is 10.8. The van der Waals surface area contributed by atoms with Gasteiger partial charge in [-0.05, 0) is 24.6 Å². The largest absolute Gasteiger partial charge is 0.433 e. The number of hydrazine groups is 1. The van der Waals surface area contributed by atoms with E-state index in [4.69, 9.17) is 10.6 Å². The minimum absolute atomic E-state index is 0.0940. The number of halogens is 1. The number of anilines is 1. The Morgan fingerprint density at radius 2 is 2.25 bits per heavy atom. The van der Waals surface area contributed by atoms with Crippen molar-refractivity contribution in [1.82, 2.24) is 14.4 Å². The summed E-state index contributed by atoms with van der Waals surface area (Å²) >= 11 is 0. The van der Waals surface area contributed by atoms with Crippen LogP contribution in [0.25, 0.3) is 5.65 Å². The standard InChI is InChI=1S/C13H12FN5O/c1-8-2-3-9(14)10(6-8)20-13-12-16-4-5-19(12)7-11(17-13)18-15/h2-7,18H,15H2,1H3. The highest BCUT2D eigenvalue weighted by Gasteiger charge is 2.12. The molecule has 0 unspecified atom stereocenters. The van der Waals surface area contributed by atoms with Crippen LogP contribution in [0, 0.1) is 12.7 Å². The van der Waals surface area contributed by atoms with E-state index in [-0.39, 0.29) is 11.6 Å². The molecule has 0 bridgehead atoms. The number of nitrogens with one attached hydrogen (secondary N) is 1. The number of aromatic nitrogens is 3. The zero-order chi connectivity index (χ0) is 14.1. The molecule has 3 N–H and O–H groups in total. The van der Waals surface area contributed by atoms with Gasteiger partial charge in [0, 0.05) is 12.4 Å². The van der Waals surface area contributed by atoms with E-state index in [9.17, 15) is 4.39 Å². The highest BCUT2D eigenvalue weighted by Crippen LogP contribution is 2.27. The van der Waals surface area contributed by atoms with Crippen LogP contribution in [0.5, 0.6) is 11.6 Å². The Labute approximate surface area is 114 Å². The predicted octanol–water partition coefficient (Wildman–Crippen LogP) is 2.25. The lowest BCUT2D eigenvalue weighted by atomic mass is 10.2. The molecule has 2 aromatic heterocycles. The molecule has 0 aliphatic carbocycles. The highest BCUT2D eigenvalue weighted by molar-refractivity contribution is 5.55. The van der Waals surface area contributed by atoms with Gasteiger partial charge in [0.2, 0.25) is 5.65 Å². The zero-order valence-corrected chi connectivity index (χ0v) is 10.7. The molecule has 0 aliphatic heterocycles. The average molecular weight is 273 g/mol. The number of imidazole rings is 1. The molecule has 7 heteroatoms. The van der Waals surface area contributed by atoms with Crippen molar-refractivity contribution in [3.63, 3.8) is 0 Å². The Balaban J connectivity index is 2.09. The lowest BCUT2D eigenvalue weighted by molar-refractivity contribution is 0.429. The second kappa shape index (κ2) is 4.78. The predicted molar refractivity (Wildman–Crippen MR) is 72.0 cm³/mol. The maximum Gasteiger partial charge on any atom is 0.266 e. The van der Waals surface area contributed by atoms with E-state index in [0.717, 1.165) is 5.56 Å². The van der Waals surface area contributed by atoms with Crippen molar-refractivity contribution in [2.75, 3.05) is 5.43 Å². The van der Waals surface area contributed by atoms with E-state index in [0.29, 0.717) is 11.5 Å². The van der Waals surface area contributed by atoms with Gasteiger partial charge in [0.15, 0.2) is 17.4 Å². The molecule has 3 rings (SSSR count). The Bertz CT molecular complexity index is 771. The number of ether oxygens (including phenoxy) is 1. The van der Waals surface area contributed by atoms with Crippen LogP contribution in [0.2, 0.25) is 0 Å². The minimum Gasteiger partial charge on any atom is -0.433 e. The highest BCUT2D eigenvalue weighted by atomic mass is 19.1. The van der Waals surface area contributed by atoms with Crippen molar-refractivity contribution >= 4 is 11.5 Å². The van der Waals surface area contributed by atoms with Crippen LogP contribution in [0.3, 0.4) is 0 Å². The fourth-order valence-electron chi connectivity index (χ4n) is 1.83. The van der Waals surface area contributed by atoms with Gasteiger partial charge in [-0.15, -0.1) is 0 Å². The van der Waals surface area contributed by atoms with Gasteiger partial charge >= 0.3 is 0 Å². The summed E-state index contributed by atoms with van der Waals surface area (Å²) in [7, 11) is 0. The number of nitrogens with zero attached hydrogens (tertiary/aromatic N) is 3. The maximum absolute atomic E-state index is 13.7. The molecule has 0 saturated carbocycles. The molecule has 0 amide bonds. The topological polar surface area (TPSA) is 77.5 Å². The second-order valence-corrected chi connectivity index (χ2v) is 4.27. The lowest BCUT2D eigenvalue weighted by Crippen LogP contribution is -2.10. The third kappa shape index (κ3) is 2.14. The fraction of sp³-hybridized carbons (Fsp3) is 0.0769. The van der Waals surface area contributed by atoms with Crippen LogP contribution in [-0.2, 0) is 0 Å². The summed E-state index contributed by atoms with van der Waals surface area (Å²) in [5, 5.41) is 0. The molecule has 6 nitrogen and oxygen atoms in total. The molecule has 0 fully saturated rings. The molecule has 0 spiro atoms. The molecule has 102 valence electrons. The van der Waals surface area contributed by atoms with Crippen molar-refractivity contribution in [3.05, 3.63) is 48.2 Å². The number of aryl methyl sites for hydroxylation is 1. The molecule has 20 heavy (non-hydrogen) atoms. The molecule has 0 atom stereocenters. The van der Waals surface area contributed by atoms with Gasteiger partial charge in [-0.1, -0.05) is 6.07 Å². The van der Waals surface area contributed by atoms with Gasteiger partial charge in [0.25, 0.3) is 5.88 Å². The average Bonchev–Trinajstić information content (AvgIpc) is 2.91. The minimum atomic E-state index is -0.465. The van der Waals surface area contributed by atoms with E-state index in [2.05, 4.69) is 15.4 Å². The number of benzene rings is 1. The Morgan fingerprint density at radius 3 is 3.05 bits per heavy atom. The smallest absolute Gasteiger partial charge is 0.266 e. The molecule has 0 aliphatic rings. The summed E-state index contributed by atoms with van der Waals surface area (Å²) in [5.74, 6) is 5.54. The first-order chi connectivity index (χ1) is 9.67. The number of hydrogen-bond acceptors (Lipinski definition) is 5. The third-order valence-electron chi connectivity index (χ3n) is 2.78. The molecule has 0 saturated heterocycles. The monoisotopic (exact) mass is 273 g/mol. The number of nitrogens with two attached hydrogens (primary N) is 1. The fourth-order valence-corrected chi connectivity index (χ4v) is 1.83. The van der Waals surface area contributed by atoms with Crippen molar-refractivity contribution < 1.29 is 9.13 Å². The van der Waals surface area contributed by atoms with E-state index in [1.54, 1.807) is 35.1 Å². The van der Waals surface area contributed by atoms with Gasteiger partial charge in [0.05, 0.1) is 6.20 Å².